The molecule has 0 bridgehead atoms. The fourth-order valence-corrected chi connectivity index (χ4v) is 3.59. The van der Waals surface area contributed by atoms with E-state index >= 15 is 0 Å². The van der Waals surface area contributed by atoms with Gasteiger partial charge in [0.15, 0.2) is 0 Å². The van der Waals surface area contributed by atoms with E-state index < -0.39 is 60.4 Å². The van der Waals surface area contributed by atoms with Crippen LogP contribution in [0.5, 0.6) is 0 Å². The molecule has 0 saturated carbocycles. The highest BCUT2D eigenvalue weighted by molar-refractivity contribution is 7.80. The summed E-state index contributed by atoms with van der Waals surface area (Å²) in [6, 6.07) is 1.92. The summed E-state index contributed by atoms with van der Waals surface area (Å²) in [5.74, 6) is -5.28. The molecule has 0 aliphatic heterocycles. The maximum Gasteiger partial charge on any atom is 0.327 e. The van der Waals surface area contributed by atoms with E-state index in [4.69, 9.17) is 15.9 Å². The number of hydrogen-bond acceptors (Lipinski definition) is 8. The molecule has 1 heterocycles. The van der Waals surface area contributed by atoms with Crippen molar-refractivity contribution in [3.05, 3.63) is 36.0 Å². The molecule has 0 spiro atoms. The molecule has 0 radical (unpaired) electrons. The van der Waals surface area contributed by atoms with Crippen LogP contribution in [0.3, 0.4) is 0 Å². The second kappa shape index (κ2) is 13.5. The lowest BCUT2D eigenvalue weighted by molar-refractivity contribution is -0.142. The average Bonchev–Trinajstić information content (AvgIpc) is 3.25. The van der Waals surface area contributed by atoms with Crippen molar-refractivity contribution in [1.82, 2.24) is 20.9 Å². The summed E-state index contributed by atoms with van der Waals surface area (Å²) in [4.78, 5) is 63.1. The number of hydrogen-bond donors (Lipinski definition) is 9. The number of rotatable bonds is 14. The summed E-state index contributed by atoms with van der Waals surface area (Å²) in [6.07, 6.45) is 1.12. The fourth-order valence-electron chi connectivity index (χ4n) is 3.34. The molecule has 9 N–H and O–H groups in total. The van der Waals surface area contributed by atoms with Gasteiger partial charge >= 0.3 is 11.9 Å². The maximum absolute atomic E-state index is 13.1. The molecule has 4 unspecified atom stereocenters. The predicted molar refractivity (Wildman–Crippen MR) is 131 cm³/mol. The summed E-state index contributed by atoms with van der Waals surface area (Å²) < 4.78 is 0. The quantitative estimate of drug-likeness (QED) is 0.129. The van der Waals surface area contributed by atoms with Crippen molar-refractivity contribution in [2.45, 2.75) is 43.4 Å². The van der Waals surface area contributed by atoms with Gasteiger partial charge in [0, 0.05) is 35.7 Å². The molecule has 0 aliphatic carbocycles. The predicted octanol–water partition coefficient (Wildman–Crippen LogP) is -1.64. The van der Waals surface area contributed by atoms with Gasteiger partial charge in [-0.25, -0.2) is 4.79 Å². The number of aliphatic carboxylic acids is 2. The summed E-state index contributed by atoms with van der Waals surface area (Å²) in [5.41, 5.74) is 7.22. The molecule has 0 aliphatic rings. The number of carbonyl (C=O) groups is 5. The monoisotopic (exact) mass is 523 g/mol. The van der Waals surface area contributed by atoms with Gasteiger partial charge in [0.05, 0.1) is 12.6 Å². The topological polar surface area (TPSA) is 224 Å². The van der Waals surface area contributed by atoms with Crippen LogP contribution in [0, 0.1) is 0 Å². The Bertz CT molecular complexity index is 1110. The molecule has 14 heteroatoms. The Morgan fingerprint density at radius 2 is 1.56 bits per heavy atom. The number of H-pyrrole nitrogens is 1. The number of fused-ring (bicyclic) bond motifs is 1. The maximum atomic E-state index is 13.1. The minimum absolute atomic E-state index is 0.0264. The number of aromatic nitrogens is 1. The smallest absolute Gasteiger partial charge is 0.327 e. The van der Waals surface area contributed by atoms with Gasteiger partial charge in [-0.2, -0.15) is 12.6 Å². The fraction of sp³-hybridized carbons (Fsp3) is 0.409. The van der Waals surface area contributed by atoms with E-state index in [0.29, 0.717) is 5.56 Å². The van der Waals surface area contributed by atoms with E-state index in [9.17, 15) is 29.1 Å². The standard InChI is InChI=1S/C22H29N5O8S/c23-13(5-6-18(29)30)19(31)25-15(7-11-8-24-14-4-2-1-3-12(11)14)20(32)26-16(9-28)21(33)27-17(10-36)22(34)35/h1-4,8,13,15-17,24,28,36H,5-7,9-10,23H2,(H,25,31)(H,26,32)(H,27,33)(H,29,30)(H,34,35). The molecule has 1 aromatic carbocycles. The molecule has 2 aromatic rings. The van der Waals surface area contributed by atoms with Crippen LogP contribution < -0.4 is 21.7 Å². The molecule has 4 atom stereocenters. The van der Waals surface area contributed by atoms with Crippen LogP contribution >= 0.6 is 12.6 Å². The Kier molecular flexibility index (Phi) is 10.7. The van der Waals surface area contributed by atoms with Crippen molar-refractivity contribution in [3.8, 4) is 0 Å². The number of benzene rings is 1. The van der Waals surface area contributed by atoms with E-state index in [-0.39, 0.29) is 25.0 Å². The summed E-state index contributed by atoms with van der Waals surface area (Å²) >= 11 is 3.85. The summed E-state index contributed by atoms with van der Waals surface area (Å²) in [7, 11) is 0. The number of carboxylic acids is 2. The van der Waals surface area contributed by atoms with Gasteiger partial charge in [0.2, 0.25) is 17.7 Å². The van der Waals surface area contributed by atoms with Gasteiger partial charge < -0.3 is 42.0 Å². The zero-order chi connectivity index (χ0) is 26.8. The van der Waals surface area contributed by atoms with E-state index in [2.05, 4.69) is 33.6 Å². The number of aliphatic hydroxyl groups excluding tert-OH is 1. The van der Waals surface area contributed by atoms with Crippen LogP contribution in [0.25, 0.3) is 10.9 Å². The summed E-state index contributed by atoms with van der Waals surface area (Å²) in [5, 5.41) is 35.3. The molecule has 1 aromatic heterocycles. The Labute approximate surface area is 211 Å². The number of para-hydroxylation sites is 1. The highest BCUT2D eigenvalue weighted by Crippen LogP contribution is 2.19. The first kappa shape index (κ1) is 28.6. The SMILES string of the molecule is NC(CCC(=O)O)C(=O)NC(Cc1c[nH]c2ccccc12)C(=O)NC(CO)C(=O)NC(CS)C(=O)O. The van der Waals surface area contributed by atoms with Gasteiger partial charge in [-0.1, -0.05) is 18.2 Å². The first-order chi connectivity index (χ1) is 17.1. The van der Waals surface area contributed by atoms with Crippen LogP contribution in [0.2, 0.25) is 0 Å². The largest absolute Gasteiger partial charge is 0.481 e. The van der Waals surface area contributed by atoms with Crippen molar-refractivity contribution >= 4 is 53.2 Å². The van der Waals surface area contributed by atoms with Gasteiger partial charge in [-0.15, -0.1) is 0 Å². The first-order valence-corrected chi connectivity index (χ1v) is 11.6. The molecule has 0 fully saturated rings. The molecule has 36 heavy (non-hydrogen) atoms. The zero-order valence-electron chi connectivity index (χ0n) is 19.1. The van der Waals surface area contributed by atoms with Crippen molar-refractivity contribution in [1.29, 1.82) is 0 Å². The van der Waals surface area contributed by atoms with Crippen LogP contribution in [0.15, 0.2) is 30.5 Å². The Hall–Kier alpha value is -3.62. The van der Waals surface area contributed by atoms with Gasteiger partial charge in [-0.05, 0) is 18.1 Å². The van der Waals surface area contributed by atoms with E-state index in [1.165, 1.54) is 0 Å². The number of aliphatic hydroxyl groups is 1. The Balaban J connectivity index is 2.22. The van der Waals surface area contributed by atoms with E-state index in [1.807, 2.05) is 18.2 Å². The number of carbonyl (C=O) groups excluding carboxylic acids is 3. The van der Waals surface area contributed by atoms with Crippen molar-refractivity contribution in [3.63, 3.8) is 0 Å². The zero-order valence-corrected chi connectivity index (χ0v) is 20.0. The first-order valence-electron chi connectivity index (χ1n) is 10.9. The van der Waals surface area contributed by atoms with Crippen molar-refractivity contribution < 1.29 is 39.3 Å². The molecule has 13 nitrogen and oxygen atoms in total. The molecule has 3 amide bonds. The Morgan fingerprint density at radius 3 is 2.17 bits per heavy atom. The van der Waals surface area contributed by atoms with Gasteiger partial charge in [-0.3, -0.25) is 19.2 Å². The Morgan fingerprint density at radius 1 is 0.944 bits per heavy atom. The number of carboxylic acid groups (broad SMARTS) is 2. The van der Waals surface area contributed by atoms with Gasteiger partial charge in [0.25, 0.3) is 0 Å². The van der Waals surface area contributed by atoms with E-state index in [1.54, 1.807) is 12.3 Å². The third-order valence-corrected chi connectivity index (χ3v) is 5.72. The highest BCUT2D eigenvalue weighted by atomic mass is 32.1. The molecule has 196 valence electrons. The second-order valence-electron chi connectivity index (χ2n) is 7.99. The lowest BCUT2D eigenvalue weighted by Crippen LogP contribution is -2.58. The third kappa shape index (κ3) is 7.96. The molecule has 2 rings (SSSR count). The van der Waals surface area contributed by atoms with Crippen LogP contribution in [-0.4, -0.2) is 86.5 Å². The number of thiol groups is 1. The molecule has 0 saturated heterocycles. The molecular weight excluding hydrogens is 494 g/mol. The normalized spacial score (nSPS) is 14.3. The van der Waals surface area contributed by atoms with Crippen molar-refractivity contribution in [2.75, 3.05) is 12.4 Å². The number of amides is 3. The van der Waals surface area contributed by atoms with E-state index in [0.717, 1.165) is 10.9 Å². The number of aromatic amines is 1. The minimum atomic E-state index is -1.51. The second-order valence-corrected chi connectivity index (χ2v) is 8.35. The third-order valence-electron chi connectivity index (χ3n) is 5.35. The van der Waals surface area contributed by atoms with Crippen LogP contribution in [0.4, 0.5) is 0 Å². The molecular formula is C22H29N5O8S. The average molecular weight is 524 g/mol. The number of nitrogens with one attached hydrogen (secondary N) is 4. The van der Waals surface area contributed by atoms with Crippen molar-refractivity contribution in [2.24, 2.45) is 5.73 Å². The van der Waals surface area contributed by atoms with Crippen LogP contribution in [-0.2, 0) is 30.4 Å². The minimum Gasteiger partial charge on any atom is -0.481 e. The lowest BCUT2D eigenvalue weighted by atomic mass is 10.0. The lowest BCUT2D eigenvalue weighted by Gasteiger charge is -2.24. The van der Waals surface area contributed by atoms with Crippen LogP contribution in [0.1, 0.15) is 18.4 Å². The van der Waals surface area contributed by atoms with Gasteiger partial charge in [0.1, 0.15) is 18.1 Å². The summed E-state index contributed by atoms with van der Waals surface area (Å²) in [6.45, 7) is -0.845. The number of nitrogens with two attached hydrogens (primary N) is 1. The highest BCUT2D eigenvalue weighted by Gasteiger charge is 2.30.